The molecule has 0 saturated carbocycles. The quantitative estimate of drug-likeness (QED) is 0.356. The Balaban J connectivity index is 5.22. The average molecular weight is 513 g/mol. The fourth-order valence-electron chi connectivity index (χ4n) is 2.04. The monoisotopic (exact) mass is 514 g/mol. The minimum absolute atomic E-state index is 0.656. The Labute approximate surface area is 125 Å². The molecule has 0 saturated heterocycles. The second-order valence-electron chi connectivity index (χ2n) is 6.12. The van der Waals surface area contributed by atoms with Gasteiger partial charge in [0.15, 0.2) is 0 Å². The summed E-state index contributed by atoms with van der Waals surface area (Å²) in [5.41, 5.74) is 0. The molecule has 0 heterocycles. The number of hydrogen-bond donors (Lipinski definition) is 0. The molecular formula is C12H28Cl2SSn2. The molecule has 0 bridgehead atoms. The molecule has 0 aliphatic heterocycles. The second-order valence-corrected chi connectivity index (χ2v) is 61.4. The summed E-state index contributed by atoms with van der Waals surface area (Å²) in [6.07, 6.45) is 2.18. The van der Waals surface area contributed by atoms with Crippen molar-refractivity contribution in [2.75, 3.05) is 0 Å². The van der Waals surface area contributed by atoms with Crippen molar-refractivity contribution in [1.29, 1.82) is 0 Å². The van der Waals surface area contributed by atoms with Crippen molar-refractivity contribution in [1.82, 2.24) is 0 Å². The van der Waals surface area contributed by atoms with Crippen molar-refractivity contribution >= 4 is 55.7 Å². The van der Waals surface area contributed by atoms with Crippen molar-refractivity contribution in [3.8, 4) is 0 Å². The molecule has 104 valence electrons. The molecular weight excluding hydrogens is 485 g/mol. The van der Waals surface area contributed by atoms with Gasteiger partial charge in [-0.25, -0.2) is 0 Å². The third kappa shape index (κ3) is 4.78. The van der Waals surface area contributed by atoms with Crippen LogP contribution in [-0.4, -0.2) is 31.7 Å². The Morgan fingerprint density at radius 1 is 0.588 bits per heavy atom. The van der Waals surface area contributed by atoms with Gasteiger partial charge in [-0.1, -0.05) is 0 Å². The van der Waals surface area contributed by atoms with Gasteiger partial charge in [0.25, 0.3) is 0 Å². The molecule has 0 atom stereocenters. The van der Waals surface area contributed by atoms with Gasteiger partial charge in [0, 0.05) is 0 Å². The molecule has 0 aromatic carbocycles. The summed E-state index contributed by atoms with van der Waals surface area (Å²) in [4.78, 5) is 0. The minimum atomic E-state index is -2.64. The number of rotatable bonds is 6. The van der Waals surface area contributed by atoms with E-state index in [2.05, 4.69) is 61.5 Å². The molecule has 0 aromatic rings. The van der Waals surface area contributed by atoms with Crippen LogP contribution in [0.3, 0.4) is 0 Å². The molecule has 0 fully saturated rings. The third-order valence-electron chi connectivity index (χ3n) is 3.46. The van der Waals surface area contributed by atoms with Crippen LogP contribution in [0.25, 0.3) is 0 Å². The molecule has 0 N–H and O–H groups in total. The molecule has 0 aliphatic rings. The summed E-state index contributed by atoms with van der Waals surface area (Å²) in [6, 6.07) is 0. The Morgan fingerprint density at radius 2 is 0.765 bits per heavy atom. The third-order valence-corrected chi connectivity index (χ3v) is 109. The van der Waals surface area contributed by atoms with Crippen molar-refractivity contribution < 1.29 is 0 Å². The first-order chi connectivity index (χ1) is 7.48. The van der Waals surface area contributed by atoms with E-state index in [1.165, 1.54) is 0 Å². The van der Waals surface area contributed by atoms with E-state index in [1.807, 2.05) is 0 Å². The van der Waals surface area contributed by atoms with Crippen LogP contribution in [0.4, 0.5) is 0 Å². The molecule has 0 amide bonds. The average Bonchev–Trinajstić information content (AvgIpc) is 2.15. The Bertz CT molecular complexity index is 203. The van der Waals surface area contributed by atoms with Gasteiger partial charge in [-0.2, -0.15) is 0 Å². The normalized spacial score (nSPS) is 14.5. The Morgan fingerprint density at radius 3 is 0.882 bits per heavy atom. The van der Waals surface area contributed by atoms with Crippen LogP contribution in [0, 0.1) is 0 Å². The Kier molecular flexibility index (Phi) is 8.63. The predicted molar refractivity (Wildman–Crippen MR) is 91.2 cm³/mol. The van der Waals surface area contributed by atoms with Crippen LogP contribution in [0.5, 0.6) is 0 Å². The van der Waals surface area contributed by atoms with E-state index in [-0.39, 0.29) is 0 Å². The van der Waals surface area contributed by atoms with E-state index in [1.54, 1.807) is 0 Å². The molecule has 0 radical (unpaired) electrons. The number of hydrogen-bond acceptors (Lipinski definition) is 1. The van der Waals surface area contributed by atoms with Crippen LogP contribution in [0.15, 0.2) is 0 Å². The van der Waals surface area contributed by atoms with Crippen LogP contribution >= 0.6 is 24.0 Å². The zero-order valence-electron chi connectivity index (χ0n) is 12.5. The zero-order valence-corrected chi connectivity index (χ0v) is 20.5. The molecule has 0 spiro atoms. The van der Waals surface area contributed by atoms with Gasteiger partial charge >= 0.3 is 127 Å². The topological polar surface area (TPSA) is 0 Å². The van der Waals surface area contributed by atoms with Gasteiger partial charge in [0.1, 0.15) is 0 Å². The van der Waals surface area contributed by atoms with Crippen molar-refractivity contribution in [3.05, 3.63) is 0 Å². The molecule has 0 nitrogen and oxygen atoms in total. The van der Waals surface area contributed by atoms with Gasteiger partial charge in [-0.15, -0.1) is 0 Å². The van der Waals surface area contributed by atoms with Gasteiger partial charge in [0.2, 0.25) is 0 Å². The number of halogens is 2. The summed E-state index contributed by atoms with van der Waals surface area (Å²) in [6.45, 7) is 18.4. The van der Waals surface area contributed by atoms with Crippen molar-refractivity contribution in [3.63, 3.8) is 0 Å². The summed E-state index contributed by atoms with van der Waals surface area (Å²) >= 11 is -5.28. The zero-order chi connectivity index (χ0) is 14.0. The molecule has 0 rings (SSSR count). The molecule has 17 heavy (non-hydrogen) atoms. The standard InChI is InChI=1S/4C3H7.2ClH.S.2Sn/c4*1-3-2;;;;;/h4*3H,1-2H3;2*1H;;;/q;;;;;;;2*+1/p-2. The van der Waals surface area contributed by atoms with Crippen LogP contribution in [-0.2, 0) is 0 Å². The van der Waals surface area contributed by atoms with E-state index in [0.29, 0.717) is 15.7 Å². The molecule has 5 heteroatoms. The Hall–Kier alpha value is 2.53. The summed E-state index contributed by atoms with van der Waals surface area (Å²) < 4.78 is 2.62. The van der Waals surface area contributed by atoms with E-state index in [9.17, 15) is 0 Å². The van der Waals surface area contributed by atoms with Crippen LogP contribution in [0.2, 0.25) is 15.7 Å². The molecule has 0 aliphatic carbocycles. The van der Waals surface area contributed by atoms with E-state index in [0.717, 1.165) is 0 Å². The maximum atomic E-state index is 7.12. The van der Waals surface area contributed by atoms with Gasteiger partial charge in [0.05, 0.1) is 0 Å². The SMILES string of the molecule is C[CH](C)[Sn]([Cl])([S][Sn]([Cl])([CH](C)C)[CH](C)C)[CH](C)C. The van der Waals surface area contributed by atoms with Gasteiger partial charge in [-0.05, 0) is 0 Å². The molecule has 0 unspecified atom stereocenters. The first-order valence-electron chi connectivity index (χ1n) is 6.56. The first-order valence-corrected chi connectivity index (χ1v) is 28.2. The summed E-state index contributed by atoms with van der Waals surface area (Å²) in [5, 5.41) is 0. The fraction of sp³-hybridized carbons (Fsp3) is 1.00. The first kappa shape index (κ1) is 19.5. The second kappa shape index (κ2) is 7.51. The van der Waals surface area contributed by atoms with Gasteiger partial charge < -0.3 is 0 Å². The van der Waals surface area contributed by atoms with Gasteiger partial charge in [-0.3, -0.25) is 0 Å². The van der Waals surface area contributed by atoms with E-state index in [4.69, 9.17) is 17.8 Å². The summed E-state index contributed by atoms with van der Waals surface area (Å²) in [7, 11) is 14.2. The van der Waals surface area contributed by atoms with Crippen LogP contribution < -0.4 is 0 Å². The van der Waals surface area contributed by atoms with Crippen molar-refractivity contribution in [2.45, 2.75) is 71.1 Å². The predicted octanol–water partition coefficient (Wildman–Crippen LogP) is 6.72. The molecule has 0 aromatic heterocycles. The van der Waals surface area contributed by atoms with E-state index < -0.39 is 31.7 Å². The van der Waals surface area contributed by atoms with Crippen LogP contribution in [0.1, 0.15) is 55.4 Å². The van der Waals surface area contributed by atoms with Crippen molar-refractivity contribution in [2.24, 2.45) is 0 Å². The fourth-order valence-corrected chi connectivity index (χ4v) is 145. The van der Waals surface area contributed by atoms with E-state index >= 15 is 0 Å². The summed E-state index contributed by atoms with van der Waals surface area (Å²) in [5.74, 6) is 0. The maximum absolute atomic E-state index is 7.12.